The number of ether oxygens (including phenoxy) is 1. The van der Waals surface area contributed by atoms with Gasteiger partial charge >= 0.3 is 11.9 Å². The molecule has 0 atom stereocenters. The monoisotopic (exact) mass is 326 g/mol. The highest BCUT2D eigenvalue weighted by atomic mass is 16.6. The first-order chi connectivity index (χ1) is 11.7. The van der Waals surface area contributed by atoms with Gasteiger partial charge in [0.15, 0.2) is 5.82 Å². The first kappa shape index (κ1) is 15.6. The standard InChI is InChI=1S/C16H14N4O4/c1-2-23-16(22)15-17-13(19-24-15)10-20-14(21)9-8-12(18-20)11-6-4-3-5-7-11/h3-9H,2,10H2,1H3. The lowest BCUT2D eigenvalue weighted by Gasteiger charge is -2.04. The van der Waals surface area contributed by atoms with Crippen LogP contribution in [0.2, 0.25) is 0 Å². The largest absolute Gasteiger partial charge is 0.459 e. The predicted molar refractivity (Wildman–Crippen MR) is 83.3 cm³/mol. The van der Waals surface area contributed by atoms with Gasteiger partial charge in [0.25, 0.3) is 5.56 Å². The van der Waals surface area contributed by atoms with Crippen LogP contribution in [0, 0.1) is 0 Å². The summed E-state index contributed by atoms with van der Waals surface area (Å²) in [6.07, 6.45) is 0. The Morgan fingerprint density at radius 3 is 2.75 bits per heavy atom. The zero-order valence-corrected chi connectivity index (χ0v) is 12.9. The normalized spacial score (nSPS) is 10.5. The van der Waals surface area contributed by atoms with Crippen molar-refractivity contribution in [2.45, 2.75) is 13.5 Å². The molecular weight excluding hydrogens is 312 g/mol. The van der Waals surface area contributed by atoms with Crippen molar-refractivity contribution < 1.29 is 14.1 Å². The van der Waals surface area contributed by atoms with E-state index in [0.29, 0.717) is 5.69 Å². The van der Waals surface area contributed by atoms with E-state index in [1.54, 1.807) is 13.0 Å². The van der Waals surface area contributed by atoms with E-state index in [4.69, 9.17) is 9.26 Å². The molecule has 0 aliphatic carbocycles. The summed E-state index contributed by atoms with van der Waals surface area (Å²) in [5.74, 6) is -0.786. The van der Waals surface area contributed by atoms with Gasteiger partial charge in [-0.1, -0.05) is 35.5 Å². The lowest BCUT2D eigenvalue weighted by molar-refractivity contribution is 0.0470. The topological polar surface area (TPSA) is 100 Å². The first-order valence-electron chi connectivity index (χ1n) is 7.30. The van der Waals surface area contributed by atoms with Gasteiger partial charge in [-0.25, -0.2) is 9.48 Å². The van der Waals surface area contributed by atoms with Crippen LogP contribution in [-0.2, 0) is 11.3 Å². The third-order valence-electron chi connectivity index (χ3n) is 3.15. The third-order valence-corrected chi connectivity index (χ3v) is 3.15. The average Bonchev–Trinajstić information content (AvgIpc) is 3.07. The van der Waals surface area contributed by atoms with Crippen molar-refractivity contribution in [1.82, 2.24) is 19.9 Å². The van der Waals surface area contributed by atoms with Gasteiger partial charge in [0.1, 0.15) is 6.54 Å². The molecule has 0 spiro atoms. The summed E-state index contributed by atoms with van der Waals surface area (Å²) in [6.45, 7) is 1.87. The summed E-state index contributed by atoms with van der Waals surface area (Å²) in [6, 6.07) is 12.5. The zero-order chi connectivity index (χ0) is 16.9. The Kier molecular flexibility index (Phi) is 4.46. The van der Waals surface area contributed by atoms with Crippen molar-refractivity contribution in [3.8, 4) is 11.3 Å². The molecule has 0 amide bonds. The summed E-state index contributed by atoms with van der Waals surface area (Å²) in [5, 5.41) is 7.97. The Labute approximate surface area is 136 Å². The molecule has 122 valence electrons. The molecule has 24 heavy (non-hydrogen) atoms. The van der Waals surface area contributed by atoms with E-state index >= 15 is 0 Å². The van der Waals surface area contributed by atoms with Crippen LogP contribution in [0.4, 0.5) is 0 Å². The molecule has 8 nitrogen and oxygen atoms in total. The molecule has 0 unspecified atom stereocenters. The van der Waals surface area contributed by atoms with Crippen molar-refractivity contribution in [1.29, 1.82) is 0 Å². The van der Waals surface area contributed by atoms with E-state index in [1.807, 2.05) is 30.3 Å². The highest BCUT2D eigenvalue weighted by molar-refractivity contribution is 5.83. The molecule has 0 radical (unpaired) electrons. The van der Waals surface area contributed by atoms with Crippen molar-refractivity contribution in [2.75, 3.05) is 6.61 Å². The van der Waals surface area contributed by atoms with Gasteiger partial charge in [-0.15, -0.1) is 0 Å². The second-order valence-electron chi connectivity index (χ2n) is 4.82. The summed E-state index contributed by atoms with van der Waals surface area (Å²) >= 11 is 0. The van der Waals surface area contributed by atoms with Gasteiger partial charge in [-0.2, -0.15) is 10.1 Å². The lowest BCUT2D eigenvalue weighted by atomic mass is 10.1. The van der Waals surface area contributed by atoms with Crippen LogP contribution in [0.25, 0.3) is 11.3 Å². The molecule has 2 heterocycles. The molecule has 0 bridgehead atoms. The van der Waals surface area contributed by atoms with Crippen molar-refractivity contribution in [3.05, 3.63) is 64.5 Å². The number of aromatic nitrogens is 4. The fourth-order valence-corrected chi connectivity index (χ4v) is 2.05. The van der Waals surface area contributed by atoms with Crippen LogP contribution < -0.4 is 5.56 Å². The van der Waals surface area contributed by atoms with Crippen LogP contribution >= 0.6 is 0 Å². The number of rotatable bonds is 5. The van der Waals surface area contributed by atoms with Gasteiger partial charge < -0.3 is 9.26 Å². The lowest BCUT2D eigenvalue weighted by Crippen LogP contribution is -2.23. The van der Waals surface area contributed by atoms with Crippen molar-refractivity contribution >= 4 is 5.97 Å². The Morgan fingerprint density at radius 1 is 1.21 bits per heavy atom. The molecule has 1 aromatic carbocycles. The third kappa shape index (κ3) is 3.37. The van der Waals surface area contributed by atoms with Gasteiger partial charge in [-0.05, 0) is 13.0 Å². The van der Waals surface area contributed by atoms with E-state index in [-0.39, 0.29) is 30.4 Å². The first-order valence-corrected chi connectivity index (χ1v) is 7.30. The number of nitrogens with zero attached hydrogens (tertiary/aromatic N) is 4. The Balaban J connectivity index is 1.85. The van der Waals surface area contributed by atoms with Gasteiger partial charge in [0.05, 0.1) is 12.3 Å². The molecule has 0 fully saturated rings. The fourth-order valence-electron chi connectivity index (χ4n) is 2.05. The summed E-state index contributed by atoms with van der Waals surface area (Å²) in [4.78, 5) is 27.4. The maximum Gasteiger partial charge on any atom is 0.397 e. The summed E-state index contributed by atoms with van der Waals surface area (Å²) in [7, 11) is 0. The second kappa shape index (κ2) is 6.86. The molecule has 2 aromatic heterocycles. The van der Waals surface area contributed by atoms with Crippen LogP contribution in [-0.4, -0.2) is 32.5 Å². The van der Waals surface area contributed by atoms with E-state index in [2.05, 4.69) is 15.2 Å². The van der Waals surface area contributed by atoms with E-state index < -0.39 is 5.97 Å². The maximum atomic E-state index is 12.0. The van der Waals surface area contributed by atoms with E-state index in [1.165, 1.54) is 10.7 Å². The Bertz CT molecular complexity index is 902. The smallest absolute Gasteiger partial charge is 0.397 e. The maximum absolute atomic E-state index is 12.0. The number of carbonyl (C=O) groups excluding carboxylic acids is 1. The SMILES string of the molecule is CCOC(=O)c1nc(Cn2nc(-c3ccccc3)ccc2=O)no1. The number of hydrogen-bond donors (Lipinski definition) is 0. The van der Waals surface area contributed by atoms with Crippen molar-refractivity contribution in [2.24, 2.45) is 0 Å². The average molecular weight is 326 g/mol. The highest BCUT2D eigenvalue weighted by Gasteiger charge is 2.17. The second-order valence-corrected chi connectivity index (χ2v) is 4.82. The molecule has 3 rings (SSSR count). The minimum atomic E-state index is -0.699. The van der Waals surface area contributed by atoms with Crippen LogP contribution in [0.5, 0.6) is 0 Å². The number of hydrogen-bond acceptors (Lipinski definition) is 7. The Hall–Kier alpha value is -3.29. The van der Waals surface area contributed by atoms with Crippen LogP contribution in [0.15, 0.2) is 51.8 Å². The van der Waals surface area contributed by atoms with Gasteiger partial charge in [0, 0.05) is 11.6 Å². The Morgan fingerprint density at radius 2 is 2.00 bits per heavy atom. The fraction of sp³-hybridized carbons (Fsp3) is 0.188. The predicted octanol–water partition coefficient (Wildman–Crippen LogP) is 1.52. The zero-order valence-electron chi connectivity index (χ0n) is 12.9. The minimum Gasteiger partial charge on any atom is -0.459 e. The summed E-state index contributed by atoms with van der Waals surface area (Å²) in [5.41, 5.74) is 1.22. The molecule has 0 aliphatic rings. The molecule has 0 N–H and O–H groups in total. The molecular formula is C16H14N4O4. The van der Waals surface area contributed by atoms with Crippen LogP contribution in [0.1, 0.15) is 23.4 Å². The highest BCUT2D eigenvalue weighted by Crippen LogP contribution is 2.14. The number of carbonyl (C=O) groups is 1. The van der Waals surface area contributed by atoms with Crippen molar-refractivity contribution in [3.63, 3.8) is 0 Å². The minimum absolute atomic E-state index is 0.0115. The number of esters is 1. The molecule has 0 saturated carbocycles. The van der Waals surface area contributed by atoms with Gasteiger partial charge in [-0.3, -0.25) is 4.79 Å². The van der Waals surface area contributed by atoms with E-state index in [9.17, 15) is 9.59 Å². The molecule has 0 aliphatic heterocycles. The van der Waals surface area contributed by atoms with E-state index in [0.717, 1.165) is 5.56 Å². The number of benzene rings is 1. The molecule has 0 saturated heterocycles. The van der Waals surface area contributed by atoms with Gasteiger partial charge in [0.2, 0.25) is 0 Å². The van der Waals surface area contributed by atoms with Crippen LogP contribution in [0.3, 0.4) is 0 Å². The molecule has 3 aromatic rings. The quantitative estimate of drug-likeness (QED) is 0.655. The summed E-state index contributed by atoms with van der Waals surface area (Å²) < 4.78 is 10.8. The molecule has 8 heteroatoms.